The van der Waals surface area contributed by atoms with Crippen molar-refractivity contribution in [3.05, 3.63) is 4.88 Å². The fourth-order valence-corrected chi connectivity index (χ4v) is 2.83. The predicted octanol–water partition coefficient (Wildman–Crippen LogP) is 2.50. The Morgan fingerprint density at radius 2 is 2.22 bits per heavy atom. The van der Waals surface area contributed by atoms with E-state index in [9.17, 15) is 0 Å². The molecule has 2 rings (SSSR count). The first-order valence-corrected chi connectivity index (χ1v) is 7.44. The van der Waals surface area contributed by atoms with Gasteiger partial charge in [-0.2, -0.15) is 4.98 Å². The molecule has 0 bridgehead atoms. The van der Waals surface area contributed by atoms with Gasteiger partial charge in [0.15, 0.2) is 5.13 Å². The van der Waals surface area contributed by atoms with E-state index in [2.05, 4.69) is 10.3 Å². The zero-order chi connectivity index (χ0) is 13.0. The minimum atomic E-state index is 0.762. The average molecular weight is 269 g/mol. The molecular weight excluding hydrogens is 246 g/mol. The second kappa shape index (κ2) is 6.38. The number of nitrogens with one attached hydrogen (secondary N) is 1. The third-order valence-electron chi connectivity index (χ3n) is 3.17. The first-order chi connectivity index (χ1) is 8.70. The van der Waals surface area contributed by atoms with Crippen LogP contribution in [-0.2, 0) is 6.54 Å². The van der Waals surface area contributed by atoms with Crippen LogP contribution in [0.25, 0.3) is 0 Å². The summed E-state index contributed by atoms with van der Waals surface area (Å²) in [5, 5.41) is 4.49. The molecule has 1 N–H and O–H groups in total. The van der Waals surface area contributed by atoms with Crippen LogP contribution in [0, 0.1) is 5.92 Å². The Kier molecular flexibility index (Phi) is 4.83. The van der Waals surface area contributed by atoms with Crippen molar-refractivity contribution in [3.63, 3.8) is 0 Å². The number of rotatable bonds is 8. The van der Waals surface area contributed by atoms with Gasteiger partial charge in [0.2, 0.25) is 5.88 Å². The van der Waals surface area contributed by atoms with E-state index in [0.29, 0.717) is 0 Å². The molecule has 1 saturated carbocycles. The largest absolute Gasteiger partial charge is 0.480 e. The van der Waals surface area contributed by atoms with E-state index in [4.69, 9.17) is 4.74 Å². The van der Waals surface area contributed by atoms with Crippen molar-refractivity contribution < 1.29 is 4.74 Å². The van der Waals surface area contributed by atoms with E-state index in [1.807, 2.05) is 19.0 Å². The molecule has 0 radical (unpaired) electrons. The van der Waals surface area contributed by atoms with E-state index in [0.717, 1.165) is 30.0 Å². The average Bonchev–Trinajstić information content (AvgIpc) is 3.07. The zero-order valence-corrected chi connectivity index (χ0v) is 12.3. The molecule has 18 heavy (non-hydrogen) atoms. The van der Waals surface area contributed by atoms with Crippen molar-refractivity contribution in [1.82, 2.24) is 10.3 Å². The summed E-state index contributed by atoms with van der Waals surface area (Å²) in [5.41, 5.74) is 0. The van der Waals surface area contributed by atoms with Crippen LogP contribution < -0.4 is 15.0 Å². The number of aromatic nitrogens is 1. The molecule has 0 spiro atoms. The maximum Gasteiger partial charge on any atom is 0.230 e. The predicted molar refractivity (Wildman–Crippen MR) is 76.7 cm³/mol. The van der Waals surface area contributed by atoms with Gasteiger partial charge in [0.25, 0.3) is 0 Å². The number of anilines is 1. The molecule has 5 heteroatoms. The molecule has 0 atom stereocenters. The lowest BCUT2D eigenvalue weighted by atomic mass is 10.2. The van der Waals surface area contributed by atoms with E-state index in [1.54, 1.807) is 18.4 Å². The number of nitrogens with zero attached hydrogens (tertiary/aromatic N) is 2. The Balaban J connectivity index is 1.75. The Bertz CT molecular complexity index is 374. The molecule has 1 aromatic heterocycles. The number of ether oxygens (including phenoxy) is 1. The van der Waals surface area contributed by atoms with Gasteiger partial charge < -0.3 is 15.0 Å². The minimum absolute atomic E-state index is 0.762. The summed E-state index contributed by atoms with van der Waals surface area (Å²) in [4.78, 5) is 7.65. The summed E-state index contributed by atoms with van der Waals surface area (Å²) < 4.78 is 5.31. The highest BCUT2D eigenvalue weighted by Crippen LogP contribution is 2.33. The van der Waals surface area contributed by atoms with Crippen molar-refractivity contribution >= 4 is 16.5 Å². The summed E-state index contributed by atoms with van der Waals surface area (Å²) in [7, 11) is 5.70. The van der Waals surface area contributed by atoms with Crippen molar-refractivity contribution in [3.8, 4) is 5.88 Å². The van der Waals surface area contributed by atoms with Gasteiger partial charge in [-0.3, -0.25) is 0 Å². The summed E-state index contributed by atoms with van der Waals surface area (Å²) >= 11 is 1.70. The first kappa shape index (κ1) is 13.6. The van der Waals surface area contributed by atoms with Crippen LogP contribution in [0.2, 0.25) is 0 Å². The van der Waals surface area contributed by atoms with Crippen LogP contribution in [0.1, 0.15) is 30.6 Å². The lowest BCUT2D eigenvalue weighted by Crippen LogP contribution is -2.14. The summed E-state index contributed by atoms with van der Waals surface area (Å²) in [5.74, 6) is 1.79. The molecule has 0 amide bonds. The van der Waals surface area contributed by atoms with Gasteiger partial charge >= 0.3 is 0 Å². The Morgan fingerprint density at radius 3 is 2.83 bits per heavy atom. The second-order valence-electron chi connectivity index (χ2n) is 5.09. The third kappa shape index (κ3) is 3.85. The van der Waals surface area contributed by atoms with E-state index in [1.165, 1.54) is 30.6 Å². The molecule has 4 nitrogen and oxygen atoms in total. The van der Waals surface area contributed by atoms with Crippen LogP contribution >= 0.6 is 11.3 Å². The number of methoxy groups -OCH3 is 1. The molecular formula is C13H23N3OS. The monoisotopic (exact) mass is 269 g/mol. The van der Waals surface area contributed by atoms with Crippen molar-refractivity contribution in [2.45, 2.75) is 32.2 Å². The SMILES string of the molecule is COc1nc(N(C)C)sc1CNCCCC1CC1. The van der Waals surface area contributed by atoms with Crippen LogP contribution in [0.4, 0.5) is 5.13 Å². The molecule has 102 valence electrons. The molecule has 0 aliphatic heterocycles. The molecule has 0 saturated heterocycles. The highest BCUT2D eigenvalue weighted by molar-refractivity contribution is 7.15. The molecule has 1 fully saturated rings. The topological polar surface area (TPSA) is 37.4 Å². The van der Waals surface area contributed by atoms with E-state index in [-0.39, 0.29) is 0 Å². The smallest absolute Gasteiger partial charge is 0.230 e. The van der Waals surface area contributed by atoms with Gasteiger partial charge in [0.1, 0.15) is 0 Å². The fraction of sp³-hybridized carbons (Fsp3) is 0.769. The van der Waals surface area contributed by atoms with Crippen LogP contribution in [0.15, 0.2) is 0 Å². The molecule has 1 aliphatic rings. The maximum atomic E-state index is 5.31. The second-order valence-corrected chi connectivity index (χ2v) is 6.15. The zero-order valence-electron chi connectivity index (χ0n) is 11.5. The molecule has 1 aromatic rings. The van der Waals surface area contributed by atoms with Gasteiger partial charge in [-0.25, -0.2) is 0 Å². The number of hydrogen-bond acceptors (Lipinski definition) is 5. The van der Waals surface area contributed by atoms with Crippen LogP contribution in [0.3, 0.4) is 0 Å². The lowest BCUT2D eigenvalue weighted by molar-refractivity contribution is 0.394. The molecule has 1 heterocycles. The summed E-state index contributed by atoms with van der Waals surface area (Å²) in [6, 6.07) is 0. The quantitative estimate of drug-likeness (QED) is 0.736. The first-order valence-electron chi connectivity index (χ1n) is 6.62. The van der Waals surface area contributed by atoms with Crippen molar-refractivity contribution in [2.24, 2.45) is 5.92 Å². The molecule has 0 unspecified atom stereocenters. The van der Waals surface area contributed by atoms with Crippen LogP contribution in [0.5, 0.6) is 5.88 Å². The molecule has 0 aromatic carbocycles. The van der Waals surface area contributed by atoms with Gasteiger partial charge in [-0.1, -0.05) is 24.2 Å². The van der Waals surface area contributed by atoms with Crippen LogP contribution in [-0.4, -0.2) is 32.7 Å². The van der Waals surface area contributed by atoms with Gasteiger partial charge in [-0.05, 0) is 25.3 Å². The third-order valence-corrected chi connectivity index (χ3v) is 4.38. The normalized spacial score (nSPS) is 14.8. The Hall–Kier alpha value is -0.810. The maximum absolute atomic E-state index is 5.31. The van der Waals surface area contributed by atoms with Gasteiger partial charge in [-0.15, -0.1) is 0 Å². The van der Waals surface area contributed by atoms with Crippen molar-refractivity contribution in [1.29, 1.82) is 0 Å². The van der Waals surface area contributed by atoms with Gasteiger partial charge in [0, 0.05) is 20.6 Å². The number of hydrogen-bond donors (Lipinski definition) is 1. The van der Waals surface area contributed by atoms with E-state index >= 15 is 0 Å². The lowest BCUT2D eigenvalue weighted by Gasteiger charge is -2.05. The van der Waals surface area contributed by atoms with Crippen molar-refractivity contribution in [2.75, 3.05) is 32.6 Å². The van der Waals surface area contributed by atoms with E-state index < -0.39 is 0 Å². The Morgan fingerprint density at radius 1 is 1.44 bits per heavy atom. The fourth-order valence-electron chi connectivity index (χ4n) is 1.91. The highest BCUT2D eigenvalue weighted by atomic mass is 32.1. The summed E-state index contributed by atoms with van der Waals surface area (Å²) in [6.07, 6.45) is 5.58. The minimum Gasteiger partial charge on any atom is -0.480 e. The highest BCUT2D eigenvalue weighted by Gasteiger charge is 2.20. The standard InChI is InChI=1S/C13H23N3OS/c1-16(2)13-15-12(17-3)11(18-13)9-14-8-4-5-10-6-7-10/h10,14H,4-9H2,1-3H3. The summed E-state index contributed by atoms with van der Waals surface area (Å²) in [6.45, 7) is 1.95. The van der Waals surface area contributed by atoms with Gasteiger partial charge in [0.05, 0.1) is 12.0 Å². The number of thiazole rings is 1. The molecule has 1 aliphatic carbocycles. The Labute approximate surface area is 113 Å².